The number of nitrogens with one attached hydrogen (secondary N) is 1. The molecule has 0 aliphatic carbocycles. The number of aromatic nitrogens is 3. The highest BCUT2D eigenvalue weighted by Crippen LogP contribution is 2.25. The fourth-order valence-electron chi connectivity index (χ4n) is 3.24. The van der Waals surface area contributed by atoms with Crippen LogP contribution in [0.25, 0.3) is 5.69 Å². The van der Waals surface area contributed by atoms with Gasteiger partial charge < -0.3 is 9.88 Å². The smallest absolute Gasteiger partial charge is 0.228 e. The predicted octanol–water partition coefficient (Wildman–Crippen LogP) is 2.88. The van der Waals surface area contributed by atoms with E-state index in [4.69, 9.17) is 0 Å². The lowest BCUT2D eigenvalue weighted by Crippen LogP contribution is -2.28. The van der Waals surface area contributed by atoms with Crippen LogP contribution in [0.3, 0.4) is 0 Å². The standard InChI is InChI=1S/C20H21N5O2S/c1-14(15-4-6-17(7-5-15)24-10-8-21-13-24)22-18(26)11-16-12-28-20(23-16)25-9-2-3-19(25)27/h4-8,10,12-14H,2-3,9,11H2,1H3,(H,22,26)/t14-/m0/s1. The average Bonchev–Trinajstić information content (AvgIpc) is 3.43. The summed E-state index contributed by atoms with van der Waals surface area (Å²) in [6.45, 7) is 2.67. The third kappa shape index (κ3) is 3.96. The second-order valence-corrected chi connectivity index (χ2v) is 7.63. The fraction of sp³-hybridized carbons (Fsp3) is 0.300. The molecule has 2 amide bonds. The minimum absolute atomic E-state index is 0.0872. The summed E-state index contributed by atoms with van der Waals surface area (Å²) in [4.78, 5) is 34.4. The van der Waals surface area contributed by atoms with Gasteiger partial charge in [-0.25, -0.2) is 9.97 Å². The van der Waals surface area contributed by atoms with Crippen LogP contribution in [0.4, 0.5) is 5.13 Å². The zero-order valence-electron chi connectivity index (χ0n) is 15.5. The second-order valence-electron chi connectivity index (χ2n) is 6.80. The Bertz CT molecular complexity index is 965. The molecule has 8 heteroatoms. The van der Waals surface area contributed by atoms with Gasteiger partial charge in [0.05, 0.1) is 24.5 Å². The summed E-state index contributed by atoms with van der Waals surface area (Å²) >= 11 is 1.41. The van der Waals surface area contributed by atoms with Gasteiger partial charge in [0, 0.05) is 36.4 Å². The van der Waals surface area contributed by atoms with Crippen LogP contribution in [0.1, 0.15) is 37.1 Å². The van der Waals surface area contributed by atoms with Crippen molar-refractivity contribution in [1.29, 1.82) is 0 Å². The van der Waals surface area contributed by atoms with E-state index in [1.165, 1.54) is 11.3 Å². The van der Waals surface area contributed by atoms with E-state index in [1.54, 1.807) is 17.4 Å². The highest BCUT2D eigenvalue weighted by Gasteiger charge is 2.24. The molecule has 0 bridgehead atoms. The first kappa shape index (κ1) is 18.4. The third-order valence-corrected chi connectivity index (χ3v) is 5.67. The average molecular weight is 395 g/mol. The van der Waals surface area contributed by atoms with Gasteiger partial charge in [0.15, 0.2) is 5.13 Å². The molecule has 1 aliphatic rings. The highest BCUT2D eigenvalue weighted by molar-refractivity contribution is 7.14. The maximum Gasteiger partial charge on any atom is 0.228 e. The van der Waals surface area contributed by atoms with Crippen LogP contribution < -0.4 is 10.2 Å². The SMILES string of the molecule is C[C@H](NC(=O)Cc1csc(N2CCCC2=O)n1)c1ccc(-n2ccnc2)cc1. The molecule has 1 aromatic carbocycles. The summed E-state index contributed by atoms with van der Waals surface area (Å²) in [7, 11) is 0. The molecule has 2 aromatic heterocycles. The topological polar surface area (TPSA) is 80.1 Å². The Labute approximate surface area is 167 Å². The first-order valence-corrected chi connectivity index (χ1v) is 10.1. The zero-order valence-corrected chi connectivity index (χ0v) is 16.4. The molecule has 4 rings (SSSR count). The van der Waals surface area contributed by atoms with Crippen LogP contribution in [-0.2, 0) is 16.0 Å². The number of benzene rings is 1. The maximum absolute atomic E-state index is 12.4. The zero-order chi connectivity index (χ0) is 19.5. The predicted molar refractivity (Wildman–Crippen MR) is 108 cm³/mol. The molecule has 3 heterocycles. The molecular formula is C20H21N5O2S. The number of carbonyl (C=O) groups is 2. The summed E-state index contributed by atoms with van der Waals surface area (Å²) < 4.78 is 1.93. The summed E-state index contributed by atoms with van der Waals surface area (Å²) in [6, 6.07) is 7.89. The molecule has 1 aliphatic heterocycles. The van der Waals surface area contributed by atoms with Crippen LogP contribution in [0, 0.1) is 0 Å². The summed E-state index contributed by atoms with van der Waals surface area (Å²) in [5.74, 6) is 0.0221. The number of hydrogen-bond donors (Lipinski definition) is 1. The Morgan fingerprint density at radius 1 is 1.32 bits per heavy atom. The molecule has 3 aromatic rings. The van der Waals surface area contributed by atoms with Crippen molar-refractivity contribution in [3.05, 3.63) is 59.6 Å². The van der Waals surface area contributed by atoms with Crippen LogP contribution in [0.15, 0.2) is 48.4 Å². The summed E-state index contributed by atoms with van der Waals surface area (Å²) in [5, 5.41) is 5.55. The van der Waals surface area contributed by atoms with Gasteiger partial charge in [-0.2, -0.15) is 0 Å². The number of thiazole rings is 1. The summed E-state index contributed by atoms with van der Waals surface area (Å²) in [5.41, 5.74) is 2.74. The number of nitrogens with zero attached hydrogens (tertiary/aromatic N) is 4. The van der Waals surface area contributed by atoms with Crippen molar-refractivity contribution in [2.75, 3.05) is 11.4 Å². The van der Waals surface area contributed by atoms with E-state index >= 15 is 0 Å². The minimum Gasteiger partial charge on any atom is -0.349 e. The normalized spacial score (nSPS) is 15.0. The number of anilines is 1. The Kier molecular flexibility index (Phi) is 5.21. The Balaban J connectivity index is 1.34. The van der Waals surface area contributed by atoms with Crippen molar-refractivity contribution in [1.82, 2.24) is 19.9 Å². The molecule has 0 spiro atoms. The van der Waals surface area contributed by atoms with Gasteiger partial charge in [-0.15, -0.1) is 11.3 Å². The van der Waals surface area contributed by atoms with E-state index in [-0.39, 0.29) is 24.3 Å². The molecule has 144 valence electrons. The van der Waals surface area contributed by atoms with Crippen molar-refractivity contribution in [3.63, 3.8) is 0 Å². The maximum atomic E-state index is 12.4. The van der Waals surface area contributed by atoms with Gasteiger partial charge in [-0.3, -0.25) is 14.5 Å². The number of carbonyl (C=O) groups excluding carboxylic acids is 2. The fourth-order valence-corrected chi connectivity index (χ4v) is 4.11. The number of imidazole rings is 1. The van der Waals surface area contributed by atoms with Crippen LogP contribution in [0.2, 0.25) is 0 Å². The van der Waals surface area contributed by atoms with Crippen LogP contribution in [0.5, 0.6) is 0 Å². The van der Waals surface area contributed by atoms with Gasteiger partial charge >= 0.3 is 0 Å². The van der Waals surface area contributed by atoms with Gasteiger partial charge in [-0.05, 0) is 31.0 Å². The number of hydrogen-bond acceptors (Lipinski definition) is 5. The van der Waals surface area contributed by atoms with Crippen molar-refractivity contribution in [2.24, 2.45) is 0 Å². The third-order valence-electron chi connectivity index (χ3n) is 4.76. The van der Waals surface area contributed by atoms with Crippen molar-refractivity contribution < 1.29 is 9.59 Å². The molecular weight excluding hydrogens is 374 g/mol. The Morgan fingerprint density at radius 2 is 2.14 bits per heavy atom. The molecule has 0 radical (unpaired) electrons. The lowest BCUT2D eigenvalue weighted by Gasteiger charge is -2.15. The first-order chi connectivity index (χ1) is 13.6. The molecule has 1 atom stereocenters. The number of rotatable bonds is 6. The molecule has 1 fully saturated rings. The quantitative estimate of drug-likeness (QED) is 0.696. The Morgan fingerprint density at radius 3 is 2.82 bits per heavy atom. The van der Waals surface area contributed by atoms with E-state index < -0.39 is 0 Å². The summed E-state index contributed by atoms with van der Waals surface area (Å²) in [6.07, 6.45) is 7.02. The first-order valence-electron chi connectivity index (χ1n) is 9.22. The lowest BCUT2D eigenvalue weighted by atomic mass is 10.1. The monoisotopic (exact) mass is 395 g/mol. The molecule has 28 heavy (non-hydrogen) atoms. The van der Waals surface area contributed by atoms with Gasteiger partial charge in [0.1, 0.15) is 0 Å². The molecule has 7 nitrogen and oxygen atoms in total. The second kappa shape index (κ2) is 7.93. The van der Waals surface area contributed by atoms with E-state index in [0.29, 0.717) is 23.8 Å². The van der Waals surface area contributed by atoms with Crippen molar-refractivity contribution in [3.8, 4) is 5.69 Å². The van der Waals surface area contributed by atoms with Gasteiger partial charge in [0.25, 0.3) is 0 Å². The highest BCUT2D eigenvalue weighted by atomic mass is 32.1. The lowest BCUT2D eigenvalue weighted by molar-refractivity contribution is -0.121. The van der Waals surface area contributed by atoms with Crippen LogP contribution in [-0.4, -0.2) is 32.9 Å². The van der Waals surface area contributed by atoms with Crippen LogP contribution >= 0.6 is 11.3 Å². The molecule has 1 N–H and O–H groups in total. The largest absolute Gasteiger partial charge is 0.349 e. The van der Waals surface area contributed by atoms with Crippen molar-refractivity contribution >= 4 is 28.3 Å². The minimum atomic E-state index is -0.109. The molecule has 0 unspecified atom stereocenters. The van der Waals surface area contributed by atoms with Gasteiger partial charge in [-0.1, -0.05) is 12.1 Å². The molecule has 1 saturated heterocycles. The van der Waals surface area contributed by atoms with E-state index in [0.717, 1.165) is 17.7 Å². The van der Waals surface area contributed by atoms with Crippen molar-refractivity contribution in [2.45, 2.75) is 32.2 Å². The van der Waals surface area contributed by atoms with E-state index in [9.17, 15) is 9.59 Å². The number of amides is 2. The van der Waals surface area contributed by atoms with E-state index in [1.807, 2.05) is 47.3 Å². The molecule has 0 saturated carbocycles. The van der Waals surface area contributed by atoms with Gasteiger partial charge in [0.2, 0.25) is 11.8 Å². The Hall–Kier alpha value is -3.00. The van der Waals surface area contributed by atoms with E-state index in [2.05, 4.69) is 15.3 Å².